The molecule has 3 N–H and O–H groups in total. The van der Waals surface area contributed by atoms with Crippen LogP contribution in [0.5, 0.6) is 0 Å². The Hall–Kier alpha value is -1.11. The topological polar surface area (TPSA) is 95.9 Å². The molecule has 6 nitrogen and oxygen atoms in total. The smallest absolute Gasteiger partial charge is 0.339 e. The minimum Gasteiger partial charge on any atom is -0.451 e. The number of rotatable bonds is 5. The fourth-order valence-corrected chi connectivity index (χ4v) is 5.94. The zero-order valence-electron chi connectivity index (χ0n) is 14.8. The summed E-state index contributed by atoms with van der Waals surface area (Å²) in [5.74, 6) is -1.72. The van der Waals surface area contributed by atoms with Crippen molar-refractivity contribution in [2.45, 2.75) is 68.6 Å². The first-order valence-corrected chi connectivity index (χ1v) is 10.2. The van der Waals surface area contributed by atoms with Crippen LogP contribution in [0, 0.1) is 11.8 Å². The molecule has 144 valence electrons. The van der Waals surface area contributed by atoms with Crippen molar-refractivity contribution < 1.29 is 24.5 Å². The summed E-state index contributed by atoms with van der Waals surface area (Å²) in [5, 5.41) is 24.2. The van der Waals surface area contributed by atoms with Gasteiger partial charge in [0.05, 0.1) is 18.6 Å². The number of alkyl halides is 1. The number of esters is 1. The number of hydrogen-bond acceptors (Lipinski definition) is 5. The zero-order valence-corrected chi connectivity index (χ0v) is 15.6. The molecule has 0 bridgehead atoms. The normalized spacial score (nSPS) is 40.3. The highest BCUT2D eigenvalue weighted by molar-refractivity contribution is 6.18. The average molecular weight is 384 g/mol. The fraction of sp³-hybridized carbons (Fsp3) is 0.789. The number of aliphatic hydroxyl groups is 2. The van der Waals surface area contributed by atoms with Crippen LogP contribution in [0.3, 0.4) is 0 Å². The summed E-state index contributed by atoms with van der Waals surface area (Å²) in [6, 6.07) is 0. The van der Waals surface area contributed by atoms with Gasteiger partial charge in [0.25, 0.3) is 0 Å². The molecule has 7 heteroatoms. The van der Waals surface area contributed by atoms with Crippen molar-refractivity contribution in [2.24, 2.45) is 11.8 Å². The highest BCUT2D eigenvalue weighted by atomic mass is 35.5. The maximum Gasteiger partial charge on any atom is 0.339 e. The molecule has 26 heavy (non-hydrogen) atoms. The van der Waals surface area contributed by atoms with Gasteiger partial charge >= 0.3 is 5.97 Å². The van der Waals surface area contributed by atoms with Gasteiger partial charge < -0.3 is 20.3 Å². The molecular weight excluding hydrogens is 358 g/mol. The lowest BCUT2D eigenvalue weighted by Crippen LogP contribution is -2.82. The number of carbonyl (C=O) groups excluding carboxylic acids is 2. The Bertz CT molecular complexity index is 660. The van der Waals surface area contributed by atoms with Crippen LogP contribution < -0.4 is 5.32 Å². The molecule has 1 amide bonds. The zero-order chi connectivity index (χ0) is 18.5. The van der Waals surface area contributed by atoms with Gasteiger partial charge in [-0.3, -0.25) is 4.79 Å². The van der Waals surface area contributed by atoms with Crippen molar-refractivity contribution in [3.05, 3.63) is 11.1 Å². The van der Waals surface area contributed by atoms with Gasteiger partial charge in [0, 0.05) is 11.8 Å². The summed E-state index contributed by atoms with van der Waals surface area (Å²) >= 11 is 5.83. The number of fused-ring (bicyclic) bond motifs is 1. The number of carbonyl (C=O) groups is 2. The second-order valence-corrected chi connectivity index (χ2v) is 8.42. The second kappa shape index (κ2) is 6.50. The molecule has 1 unspecified atom stereocenters. The third-order valence-corrected chi connectivity index (χ3v) is 7.21. The van der Waals surface area contributed by atoms with Crippen molar-refractivity contribution in [1.82, 2.24) is 5.32 Å². The molecule has 2 fully saturated rings. The van der Waals surface area contributed by atoms with E-state index in [4.69, 9.17) is 16.3 Å². The van der Waals surface area contributed by atoms with Crippen LogP contribution in [-0.4, -0.2) is 51.8 Å². The first kappa shape index (κ1) is 18.3. The standard InChI is InChI=1S/C19H26ClNO5/c20-9-8-14-16(24)21-19(17(25)26-18(14,19)10-22)15(23)13-7-3-5-11-4-1-2-6-12(11)13/h13-15,22-23H,1-10H2,(H,21,24)/t13-,14-,15-,18+,19?/m0/s1. The van der Waals surface area contributed by atoms with Gasteiger partial charge in [0.15, 0.2) is 5.60 Å². The third-order valence-electron chi connectivity index (χ3n) is 6.99. The van der Waals surface area contributed by atoms with E-state index >= 15 is 0 Å². The Kier molecular flexibility index (Phi) is 4.56. The van der Waals surface area contributed by atoms with E-state index in [1.807, 2.05) is 0 Å². The number of ether oxygens (including phenoxy) is 1. The van der Waals surface area contributed by atoms with E-state index in [9.17, 15) is 19.8 Å². The molecule has 0 aromatic heterocycles. The van der Waals surface area contributed by atoms with E-state index in [0.717, 1.165) is 38.5 Å². The molecule has 0 spiro atoms. The first-order valence-electron chi connectivity index (χ1n) is 9.63. The quantitative estimate of drug-likeness (QED) is 0.379. The maximum atomic E-state index is 12.6. The summed E-state index contributed by atoms with van der Waals surface area (Å²) < 4.78 is 5.38. The van der Waals surface area contributed by atoms with Crippen molar-refractivity contribution in [1.29, 1.82) is 0 Å². The molecule has 4 aliphatic rings. The number of amides is 1. The Morgan fingerprint density at radius 3 is 2.65 bits per heavy atom. The summed E-state index contributed by atoms with van der Waals surface area (Å²) in [6.07, 6.45) is 6.26. The van der Waals surface area contributed by atoms with Crippen LogP contribution in [0.25, 0.3) is 0 Å². The predicted molar refractivity (Wildman–Crippen MR) is 94.5 cm³/mol. The van der Waals surface area contributed by atoms with E-state index in [2.05, 4.69) is 5.32 Å². The summed E-state index contributed by atoms with van der Waals surface area (Å²) in [6.45, 7) is -0.505. The molecule has 2 heterocycles. The summed E-state index contributed by atoms with van der Waals surface area (Å²) in [7, 11) is 0. The molecule has 2 saturated heterocycles. The number of halogens is 1. The van der Waals surface area contributed by atoms with Gasteiger partial charge in [0.2, 0.25) is 11.4 Å². The molecule has 2 aliphatic heterocycles. The molecule has 0 aromatic carbocycles. The Labute approximate surface area is 157 Å². The molecular formula is C19H26ClNO5. The van der Waals surface area contributed by atoms with Gasteiger partial charge in [-0.2, -0.15) is 0 Å². The molecule has 5 atom stereocenters. The lowest BCUT2D eigenvalue weighted by Gasteiger charge is -2.56. The second-order valence-electron chi connectivity index (χ2n) is 8.04. The van der Waals surface area contributed by atoms with Crippen LogP contribution in [0.4, 0.5) is 0 Å². The van der Waals surface area contributed by atoms with Gasteiger partial charge in [-0.05, 0) is 51.4 Å². The number of aliphatic hydroxyl groups excluding tert-OH is 2. The fourth-order valence-electron chi connectivity index (χ4n) is 5.72. The Morgan fingerprint density at radius 2 is 1.96 bits per heavy atom. The highest BCUT2D eigenvalue weighted by Crippen LogP contribution is 2.55. The van der Waals surface area contributed by atoms with Crippen LogP contribution in [0.2, 0.25) is 0 Å². The first-order chi connectivity index (χ1) is 12.5. The minimum absolute atomic E-state index is 0.173. The molecule has 4 rings (SSSR count). The minimum atomic E-state index is -1.56. The van der Waals surface area contributed by atoms with E-state index in [1.54, 1.807) is 0 Å². The Morgan fingerprint density at radius 1 is 1.23 bits per heavy atom. The summed E-state index contributed by atoms with van der Waals surface area (Å²) in [5.41, 5.74) is -0.312. The SMILES string of the molecule is O=C1NC2([C@@H](O)[C@H]3CCCC4=C3CCCC4)C(=O)O[C@]2(CO)[C@H]1CCCl. The van der Waals surface area contributed by atoms with Crippen LogP contribution in [0.15, 0.2) is 11.1 Å². The Balaban J connectivity index is 1.73. The van der Waals surface area contributed by atoms with Crippen LogP contribution >= 0.6 is 11.6 Å². The summed E-state index contributed by atoms with van der Waals surface area (Å²) in [4.78, 5) is 25.2. The molecule has 0 saturated carbocycles. The van der Waals surface area contributed by atoms with Gasteiger partial charge in [-0.1, -0.05) is 11.1 Å². The van der Waals surface area contributed by atoms with Crippen molar-refractivity contribution in [3.8, 4) is 0 Å². The maximum absolute atomic E-state index is 12.6. The molecule has 2 aliphatic carbocycles. The van der Waals surface area contributed by atoms with E-state index in [-0.39, 0.29) is 24.1 Å². The monoisotopic (exact) mass is 383 g/mol. The number of nitrogens with one attached hydrogen (secondary N) is 1. The van der Waals surface area contributed by atoms with Gasteiger partial charge in [-0.15, -0.1) is 11.6 Å². The van der Waals surface area contributed by atoms with Gasteiger partial charge in [-0.25, -0.2) is 4.79 Å². The van der Waals surface area contributed by atoms with E-state index in [1.165, 1.54) is 17.6 Å². The van der Waals surface area contributed by atoms with Crippen LogP contribution in [-0.2, 0) is 14.3 Å². The molecule has 0 radical (unpaired) electrons. The van der Waals surface area contributed by atoms with Crippen molar-refractivity contribution in [2.75, 3.05) is 12.5 Å². The predicted octanol–water partition coefficient (Wildman–Crippen LogP) is 1.42. The average Bonchev–Trinajstić information content (AvgIpc) is 2.86. The largest absolute Gasteiger partial charge is 0.451 e. The molecule has 0 aromatic rings. The number of allylic oxidation sites excluding steroid dienone is 1. The van der Waals surface area contributed by atoms with Crippen molar-refractivity contribution in [3.63, 3.8) is 0 Å². The van der Waals surface area contributed by atoms with E-state index < -0.39 is 35.7 Å². The van der Waals surface area contributed by atoms with E-state index in [0.29, 0.717) is 0 Å². The lowest BCUT2D eigenvalue weighted by molar-refractivity contribution is -0.252. The van der Waals surface area contributed by atoms with Gasteiger partial charge in [0.1, 0.15) is 0 Å². The lowest BCUT2D eigenvalue weighted by atomic mass is 9.61. The van der Waals surface area contributed by atoms with Crippen molar-refractivity contribution >= 4 is 23.5 Å². The van der Waals surface area contributed by atoms with Crippen LogP contribution in [0.1, 0.15) is 51.4 Å². The number of hydrogen-bond donors (Lipinski definition) is 3. The highest BCUT2D eigenvalue weighted by Gasteiger charge is 2.81. The third kappa shape index (κ3) is 2.18.